The summed E-state index contributed by atoms with van der Waals surface area (Å²) < 4.78 is 0. The standard InChI is InChI=1S/C16H19N3O3S/c1-8-11-9(2)17-10(3)18-14(11)23-12(8)13(20)19-16(15(21)22)6-4-5-7-16/h4-7H2,1-3H3,(H,19,20)(H,21,22). The molecule has 0 aromatic carbocycles. The van der Waals surface area contributed by atoms with Crippen LogP contribution in [0, 0.1) is 20.8 Å². The highest BCUT2D eigenvalue weighted by atomic mass is 32.1. The molecule has 2 heterocycles. The fourth-order valence-corrected chi connectivity index (χ4v) is 4.51. The van der Waals surface area contributed by atoms with Gasteiger partial charge in [-0.2, -0.15) is 0 Å². The first-order chi connectivity index (χ1) is 10.8. The molecule has 1 saturated carbocycles. The lowest BCUT2D eigenvalue weighted by molar-refractivity contribution is -0.144. The molecule has 1 aliphatic rings. The van der Waals surface area contributed by atoms with E-state index in [-0.39, 0.29) is 5.91 Å². The molecule has 3 rings (SSSR count). The monoisotopic (exact) mass is 333 g/mol. The van der Waals surface area contributed by atoms with Crippen LogP contribution < -0.4 is 5.32 Å². The van der Waals surface area contributed by atoms with Crippen molar-refractivity contribution in [1.29, 1.82) is 0 Å². The van der Waals surface area contributed by atoms with Crippen LogP contribution >= 0.6 is 11.3 Å². The van der Waals surface area contributed by atoms with Gasteiger partial charge in [-0.05, 0) is 39.2 Å². The van der Waals surface area contributed by atoms with Gasteiger partial charge < -0.3 is 10.4 Å². The van der Waals surface area contributed by atoms with E-state index in [0.29, 0.717) is 23.5 Å². The number of aryl methyl sites for hydroxylation is 3. The highest BCUT2D eigenvalue weighted by molar-refractivity contribution is 7.20. The van der Waals surface area contributed by atoms with Gasteiger partial charge in [-0.1, -0.05) is 12.8 Å². The van der Waals surface area contributed by atoms with E-state index in [2.05, 4.69) is 15.3 Å². The van der Waals surface area contributed by atoms with E-state index in [1.807, 2.05) is 20.8 Å². The van der Waals surface area contributed by atoms with Crippen LogP contribution in [0.25, 0.3) is 10.2 Å². The van der Waals surface area contributed by atoms with Crippen molar-refractivity contribution in [2.24, 2.45) is 0 Å². The van der Waals surface area contributed by atoms with Crippen LogP contribution in [-0.4, -0.2) is 32.5 Å². The maximum absolute atomic E-state index is 12.7. The smallest absolute Gasteiger partial charge is 0.329 e. The van der Waals surface area contributed by atoms with Gasteiger partial charge in [-0.15, -0.1) is 11.3 Å². The van der Waals surface area contributed by atoms with Gasteiger partial charge in [-0.3, -0.25) is 4.79 Å². The normalized spacial score (nSPS) is 16.7. The van der Waals surface area contributed by atoms with Gasteiger partial charge in [0.2, 0.25) is 0 Å². The lowest BCUT2D eigenvalue weighted by Gasteiger charge is -2.25. The number of carbonyl (C=O) groups excluding carboxylic acids is 1. The summed E-state index contributed by atoms with van der Waals surface area (Å²) >= 11 is 1.30. The molecule has 1 amide bonds. The van der Waals surface area contributed by atoms with Gasteiger partial charge in [0.1, 0.15) is 16.2 Å². The molecule has 1 aliphatic carbocycles. The molecule has 0 saturated heterocycles. The third kappa shape index (κ3) is 2.59. The van der Waals surface area contributed by atoms with Crippen molar-refractivity contribution in [3.05, 3.63) is 22.0 Å². The lowest BCUT2D eigenvalue weighted by Crippen LogP contribution is -2.52. The second kappa shape index (κ2) is 5.56. The molecule has 122 valence electrons. The van der Waals surface area contributed by atoms with Crippen LogP contribution in [0.3, 0.4) is 0 Å². The van der Waals surface area contributed by atoms with Crippen molar-refractivity contribution in [1.82, 2.24) is 15.3 Å². The van der Waals surface area contributed by atoms with Crippen LogP contribution in [0.5, 0.6) is 0 Å². The van der Waals surface area contributed by atoms with Gasteiger partial charge in [0.25, 0.3) is 5.91 Å². The minimum atomic E-state index is -1.13. The lowest BCUT2D eigenvalue weighted by atomic mass is 9.97. The molecule has 0 atom stereocenters. The predicted octanol–water partition coefficient (Wildman–Crippen LogP) is 2.74. The van der Waals surface area contributed by atoms with Crippen LogP contribution in [0.2, 0.25) is 0 Å². The molecule has 2 aromatic rings. The Hall–Kier alpha value is -2.02. The molecule has 2 aromatic heterocycles. The first kappa shape index (κ1) is 15.9. The third-order valence-corrected chi connectivity index (χ3v) is 5.69. The first-order valence-corrected chi connectivity index (χ1v) is 8.46. The number of nitrogens with zero attached hydrogens (tertiary/aromatic N) is 2. The Morgan fingerprint density at radius 1 is 1.17 bits per heavy atom. The number of amides is 1. The average molecular weight is 333 g/mol. The van der Waals surface area contributed by atoms with E-state index in [1.165, 1.54) is 11.3 Å². The van der Waals surface area contributed by atoms with Gasteiger partial charge in [0, 0.05) is 11.1 Å². The summed E-state index contributed by atoms with van der Waals surface area (Å²) in [6.07, 6.45) is 2.61. The zero-order valence-corrected chi connectivity index (χ0v) is 14.2. The van der Waals surface area contributed by atoms with Crippen LogP contribution in [0.4, 0.5) is 0 Å². The Morgan fingerprint density at radius 2 is 1.83 bits per heavy atom. The zero-order chi connectivity index (χ0) is 16.8. The third-order valence-electron chi connectivity index (χ3n) is 4.51. The summed E-state index contributed by atoms with van der Waals surface area (Å²) in [5.41, 5.74) is 0.531. The molecule has 1 fully saturated rings. The molecule has 2 N–H and O–H groups in total. The largest absolute Gasteiger partial charge is 0.480 e. The number of rotatable bonds is 3. The summed E-state index contributed by atoms with van der Waals surface area (Å²) in [6, 6.07) is 0. The van der Waals surface area contributed by atoms with E-state index in [9.17, 15) is 14.7 Å². The van der Waals surface area contributed by atoms with Crippen molar-refractivity contribution in [3.8, 4) is 0 Å². The summed E-state index contributed by atoms with van der Waals surface area (Å²) in [5.74, 6) is -0.609. The Bertz CT molecular complexity index is 806. The molecular formula is C16H19N3O3S. The number of thiophene rings is 1. The Balaban J connectivity index is 2.00. The van der Waals surface area contributed by atoms with E-state index in [4.69, 9.17) is 0 Å². The molecule has 0 radical (unpaired) electrons. The predicted molar refractivity (Wildman–Crippen MR) is 87.9 cm³/mol. The van der Waals surface area contributed by atoms with E-state index in [1.54, 1.807) is 0 Å². The maximum atomic E-state index is 12.7. The number of hydrogen-bond acceptors (Lipinski definition) is 5. The molecule has 0 spiro atoms. The fourth-order valence-electron chi connectivity index (χ4n) is 3.34. The topological polar surface area (TPSA) is 92.2 Å². The number of nitrogens with one attached hydrogen (secondary N) is 1. The second-order valence-corrected chi connectivity index (χ2v) is 7.14. The number of aliphatic carboxylic acids is 1. The SMILES string of the molecule is Cc1nc(C)c2c(C)c(C(=O)NC3(C(=O)O)CCCC3)sc2n1. The highest BCUT2D eigenvalue weighted by Crippen LogP contribution is 2.34. The second-order valence-electron chi connectivity index (χ2n) is 6.14. The van der Waals surface area contributed by atoms with Crippen LogP contribution in [0.1, 0.15) is 52.4 Å². The number of carboxylic acid groups (broad SMARTS) is 1. The Kier molecular flexibility index (Phi) is 3.83. The van der Waals surface area contributed by atoms with Gasteiger partial charge >= 0.3 is 5.97 Å². The number of hydrogen-bond donors (Lipinski definition) is 2. The van der Waals surface area contributed by atoms with Crippen LogP contribution in [-0.2, 0) is 4.79 Å². The zero-order valence-electron chi connectivity index (χ0n) is 13.4. The maximum Gasteiger partial charge on any atom is 0.329 e. The van der Waals surface area contributed by atoms with Crippen molar-refractivity contribution in [2.75, 3.05) is 0 Å². The molecule has 0 aliphatic heterocycles. The van der Waals surface area contributed by atoms with E-state index >= 15 is 0 Å². The van der Waals surface area contributed by atoms with Crippen molar-refractivity contribution >= 4 is 33.4 Å². The Labute approximate surface area is 138 Å². The molecule has 6 nitrogen and oxygen atoms in total. The van der Waals surface area contributed by atoms with Crippen molar-refractivity contribution in [3.63, 3.8) is 0 Å². The summed E-state index contributed by atoms with van der Waals surface area (Å²) in [5, 5.41) is 13.2. The van der Waals surface area contributed by atoms with E-state index < -0.39 is 11.5 Å². The fraction of sp³-hybridized carbons (Fsp3) is 0.500. The summed E-state index contributed by atoms with van der Waals surface area (Å²) in [6.45, 7) is 5.58. The number of carbonyl (C=O) groups is 2. The molecule has 0 unspecified atom stereocenters. The molecule has 0 bridgehead atoms. The molecular weight excluding hydrogens is 314 g/mol. The first-order valence-electron chi connectivity index (χ1n) is 7.64. The summed E-state index contributed by atoms with van der Waals surface area (Å²) in [4.78, 5) is 34.3. The number of aromatic nitrogens is 2. The minimum absolute atomic E-state index is 0.327. The number of fused-ring (bicyclic) bond motifs is 1. The van der Waals surface area contributed by atoms with Crippen molar-refractivity contribution < 1.29 is 14.7 Å². The van der Waals surface area contributed by atoms with Gasteiger partial charge in [0.15, 0.2) is 0 Å². The van der Waals surface area contributed by atoms with Gasteiger partial charge in [0.05, 0.1) is 4.88 Å². The highest BCUT2D eigenvalue weighted by Gasteiger charge is 2.43. The molecule has 23 heavy (non-hydrogen) atoms. The quantitative estimate of drug-likeness (QED) is 0.901. The minimum Gasteiger partial charge on any atom is -0.480 e. The average Bonchev–Trinajstić information content (AvgIpc) is 3.04. The molecule has 7 heteroatoms. The van der Waals surface area contributed by atoms with Crippen LogP contribution in [0.15, 0.2) is 0 Å². The van der Waals surface area contributed by atoms with E-state index in [0.717, 1.165) is 34.3 Å². The Morgan fingerprint density at radius 3 is 2.43 bits per heavy atom. The van der Waals surface area contributed by atoms with Gasteiger partial charge in [-0.25, -0.2) is 14.8 Å². The number of carboxylic acids is 1. The van der Waals surface area contributed by atoms with Crippen molar-refractivity contribution in [2.45, 2.75) is 52.0 Å². The summed E-state index contributed by atoms with van der Waals surface area (Å²) in [7, 11) is 0.